The molecule has 0 radical (unpaired) electrons. The van der Waals surface area contributed by atoms with Crippen LogP contribution in [0.25, 0.3) is 0 Å². The molecule has 0 bridgehead atoms. The minimum absolute atomic E-state index is 0.117. The van der Waals surface area contributed by atoms with E-state index in [1.54, 1.807) is 0 Å². The summed E-state index contributed by atoms with van der Waals surface area (Å²) in [5, 5.41) is 12.4. The van der Waals surface area contributed by atoms with Crippen LogP contribution in [-0.2, 0) is 28.5 Å². The first-order chi connectivity index (χ1) is 13.2. The van der Waals surface area contributed by atoms with Gasteiger partial charge in [0.1, 0.15) is 11.2 Å². The fourth-order valence-electron chi connectivity index (χ4n) is 7.27. The molecule has 0 amide bonds. The highest BCUT2D eigenvalue weighted by Crippen LogP contribution is 2.75. The smallest absolute Gasteiger partial charge is 0.264 e. The van der Waals surface area contributed by atoms with Crippen LogP contribution in [0, 0.1) is 28.6 Å². The summed E-state index contributed by atoms with van der Waals surface area (Å²) >= 11 is 0. The number of epoxide rings is 1. The summed E-state index contributed by atoms with van der Waals surface area (Å²) in [5.41, 5.74) is -2.89. The molecule has 29 heavy (non-hydrogen) atoms. The van der Waals surface area contributed by atoms with E-state index in [0.717, 1.165) is 6.26 Å². The van der Waals surface area contributed by atoms with Crippen molar-refractivity contribution in [2.75, 3.05) is 19.5 Å². The topological polar surface area (TPSA) is 94.6 Å². The third-order valence-electron chi connectivity index (χ3n) is 8.41. The molecule has 5 aliphatic rings. The predicted molar refractivity (Wildman–Crippen MR) is 104 cm³/mol. The predicted octanol–water partition coefficient (Wildman–Crippen LogP) is 1.85. The zero-order valence-corrected chi connectivity index (χ0v) is 18.8. The second kappa shape index (κ2) is 5.45. The first-order valence-electron chi connectivity index (χ1n) is 10.4. The molecule has 8 heteroatoms. The summed E-state index contributed by atoms with van der Waals surface area (Å²) in [7, 11) is -3.71. The minimum Gasteiger partial charge on any atom is -0.386 e. The molecule has 8 atom stereocenters. The number of hydrogen-bond donors (Lipinski definition) is 1. The second-order valence-electron chi connectivity index (χ2n) is 11.0. The van der Waals surface area contributed by atoms with Crippen molar-refractivity contribution in [2.24, 2.45) is 28.6 Å². The molecular formula is C21H32O7S. The molecule has 4 fully saturated rings. The molecule has 1 N–H and O–H groups in total. The summed E-state index contributed by atoms with van der Waals surface area (Å²) in [6.07, 6.45) is 4.85. The zero-order valence-electron chi connectivity index (χ0n) is 18.0. The van der Waals surface area contributed by atoms with Gasteiger partial charge in [-0.25, -0.2) is 0 Å². The summed E-state index contributed by atoms with van der Waals surface area (Å²) in [6.45, 7) is 10.9. The quantitative estimate of drug-likeness (QED) is 0.407. The largest absolute Gasteiger partial charge is 0.386 e. The van der Waals surface area contributed by atoms with Crippen LogP contribution in [0.3, 0.4) is 0 Å². The van der Waals surface area contributed by atoms with Crippen molar-refractivity contribution in [3.63, 3.8) is 0 Å². The maximum atomic E-state index is 12.4. The van der Waals surface area contributed by atoms with E-state index < -0.39 is 38.6 Å². The molecule has 0 aromatic carbocycles. The summed E-state index contributed by atoms with van der Waals surface area (Å²) < 4.78 is 48.3. The van der Waals surface area contributed by atoms with E-state index in [1.165, 1.54) is 0 Å². The maximum Gasteiger partial charge on any atom is 0.264 e. The van der Waals surface area contributed by atoms with Crippen molar-refractivity contribution in [1.29, 1.82) is 0 Å². The van der Waals surface area contributed by atoms with Crippen LogP contribution < -0.4 is 0 Å². The Morgan fingerprint density at radius 1 is 1.14 bits per heavy atom. The third-order valence-corrected chi connectivity index (χ3v) is 8.97. The third kappa shape index (κ3) is 2.44. The number of aliphatic hydroxyl groups is 1. The maximum absolute atomic E-state index is 12.4. The Morgan fingerprint density at radius 2 is 1.79 bits per heavy atom. The average Bonchev–Trinajstić information content (AvgIpc) is 3.33. The molecule has 5 rings (SSSR count). The Morgan fingerprint density at radius 3 is 2.38 bits per heavy atom. The van der Waals surface area contributed by atoms with Gasteiger partial charge in [-0.05, 0) is 25.7 Å². The lowest BCUT2D eigenvalue weighted by molar-refractivity contribution is -0.302. The van der Waals surface area contributed by atoms with Crippen LogP contribution in [0.15, 0.2) is 12.2 Å². The Balaban J connectivity index is 1.67. The normalized spacial score (nSPS) is 54.1. The van der Waals surface area contributed by atoms with E-state index in [0.29, 0.717) is 19.6 Å². The first kappa shape index (κ1) is 20.4. The van der Waals surface area contributed by atoms with Crippen LogP contribution in [-0.4, -0.2) is 62.2 Å². The Hall–Kier alpha value is -0.510. The van der Waals surface area contributed by atoms with Crippen molar-refractivity contribution in [1.82, 2.24) is 0 Å². The fourth-order valence-corrected chi connectivity index (χ4v) is 7.98. The minimum atomic E-state index is -3.71. The molecule has 0 aromatic heterocycles. The molecule has 164 valence electrons. The van der Waals surface area contributed by atoms with Crippen LogP contribution >= 0.6 is 0 Å². The van der Waals surface area contributed by atoms with Crippen molar-refractivity contribution in [2.45, 2.75) is 70.2 Å². The lowest BCUT2D eigenvalue weighted by Crippen LogP contribution is -2.62. The molecule has 3 aliphatic carbocycles. The Bertz CT molecular complexity index is 873. The van der Waals surface area contributed by atoms with E-state index in [1.807, 2.05) is 32.9 Å². The molecule has 2 aliphatic heterocycles. The van der Waals surface area contributed by atoms with Crippen LogP contribution in [0.4, 0.5) is 0 Å². The Labute approximate surface area is 172 Å². The lowest BCUT2D eigenvalue weighted by Gasteiger charge is -2.53. The molecular weight excluding hydrogens is 396 g/mol. The summed E-state index contributed by atoms with van der Waals surface area (Å²) in [4.78, 5) is 0. The molecule has 2 heterocycles. The zero-order chi connectivity index (χ0) is 21.3. The standard InChI is InChI=1S/C21H32O7S/c1-17(2)9-13-16(28-29(6,23)24)19(5)8-7-14-12(10-25-18(3,4)27-14)15(19)21(13,22)20(17)11-26-20/h7-8,12-16,22H,9-11H2,1-6H3/t12-,13-,14+,15+,16+,19-,20+,21+/m1/s1. The second-order valence-corrected chi connectivity index (χ2v) is 12.6. The summed E-state index contributed by atoms with van der Waals surface area (Å²) in [6, 6.07) is 0. The average molecular weight is 429 g/mol. The van der Waals surface area contributed by atoms with Gasteiger partial charge in [-0.1, -0.05) is 32.9 Å². The van der Waals surface area contributed by atoms with Gasteiger partial charge >= 0.3 is 0 Å². The highest BCUT2D eigenvalue weighted by molar-refractivity contribution is 7.86. The first-order valence-corrected chi connectivity index (χ1v) is 12.2. The SMILES string of the molecule is CC1(C)OC[C@@H]2[C@H](C=C[C@@]3(C)[C@@H](OS(C)(=O)=O)[C@H]4CC(C)(C)[C@@]5(CO5)[C@@]4(O)[C@@H]23)O1. The summed E-state index contributed by atoms with van der Waals surface area (Å²) in [5.74, 6) is -1.48. The highest BCUT2D eigenvalue weighted by Gasteiger charge is 2.86. The van der Waals surface area contributed by atoms with E-state index in [9.17, 15) is 13.5 Å². The number of ether oxygens (including phenoxy) is 3. The molecule has 7 nitrogen and oxygen atoms in total. The van der Waals surface area contributed by atoms with Crippen molar-refractivity contribution in [3.8, 4) is 0 Å². The Kier molecular flexibility index (Phi) is 3.83. The van der Waals surface area contributed by atoms with Crippen LogP contribution in [0.2, 0.25) is 0 Å². The molecule has 0 unspecified atom stereocenters. The van der Waals surface area contributed by atoms with Gasteiger partial charge in [-0.15, -0.1) is 0 Å². The van der Waals surface area contributed by atoms with Gasteiger partial charge in [-0.2, -0.15) is 8.42 Å². The van der Waals surface area contributed by atoms with Crippen LogP contribution in [0.1, 0.15) is 41.0 Å². The van der Waals surface area contributed by atoms with Crippen molar-refractivity contribution in [3.05, 3.63) is 12.2 Å². The van der Waals surface area contributed by atoms with Gasteiger partial charge < -0.3 is 19.3 Å². The van der Waals surface area contributed by atoms with Gasteiger partial charge in [-0.3, -0.25) is 4.18 Å². The van der Waals surface area contributed by atoms with Gasteiger partial charge in [0.2, 0.25) is 0 Å². The number of fused-ring (bicyclic) bond motifs is 6. The van der Waals surface area contributed by atoms with E-state index in [4.69, 9.17) is 18.4 Å². The molecule has 2 saturated heterocycles. The van der Waals surface area contributed by atoms with Gasteiger partial charge in [0.15, 0.2) is 5.79 Å². The van der Waals surface area contributed by atoms with E-state index in [-0.39, 0.29) is 29.3 Å². The molecule has 2 saturated carbocycles. The molecule has 0 aromatic rings. The fraction of sp³-hybridized carbons (Fsp3) is 0.905. The number of rotatable bonds is 2. The highest BCUT2D eigenvalue weighted by atomic mass is 32.2. The van der Waals surface area contributed by atoms with Crippen LogP contribution in [0.5, 0.6) is 0 Å². The van der Waals surface area contributed by atoms with Gasteiger partial charge in [0, 0.05) is 23.2 Å². The van der Waals surface area contributed by atoms with E-state index in [2.05, 4.69) is 13.8 Å². The molecule has 1 spiro atoms. The number of hydrogen-bond acceptors (Lipinski definition) is 7. The van der Waals surface area contributed by atoms with Gasteiger partial charge in [0.05, 0.1) is 31.7 Å². The monoisotopic (exact) mass is 428 g/mol. The van der Waals surface area contributed by atoms with Crippen molar-refractivity contribution < 1.29 is 31.9 Å². The van der Waals surface area contributed by atoms with Crippen molar-refractivity contribution >= 4 is 10.1 Å². The van der Waals surface area contributed by atoms with Gasteiger partial charge in [0.25, 0.3) is 10.1 Å². The van der Waals surface area contributed by atoms with E-state index >= 15 is 0 Å². The lowest BCUT2D eigenvalue weighted by atomic mass is 9.58.